The number of rotatable bonds is 5. The molecule has 2 aromatic carbocycles. The lowest BCUT2D eigenvalue weighted by molar-refractivity contribution is 0.355. The van der Waals surface area contributed by atoms with Crippen molar-refractivity contribution in [3.05, 3.63) is 58.9 Å². The Labute approximate surface area is 171 Å². The number of hydrogen-bond donors (Lipinski definition) is 1. The van der Waals surface area contributed by atoms with Crippen molar-refractivity contribution >= 4 is 20.9 Å². The van der Waals surface area contributed by atoms with E-state index in [1.807, 2.05) is 6.07 Å². The van der Waals surface area contributed by atoms with Gasteiger partial charge in [-0.3, -0.25) is 4.79 Å². The van der Waals surface area contributed by atoms with Crippen molar-refractivity contribution in [3.63, 3.8) is 0 Å². The van der Waals surface area contributed by atoms with E-state index >= 15 is 0 Å². The van der Waals surface area contributed by atoms with E-state index in [1.54, 1.807) is 42.5 Å². The molecule has 0 radical (unpaired) electrons. The number of aromatic amines is 1. The molecule has 0 aliphatic heterocycles. The minimum absolute atomic E-state index is 0.0921. The fraction of sp³-hybridized carbons (Fsp3) is 0.150. The average Bonchev–Trinajstić information content (AvgIpc) is 3.14. The summed E-state index contributed by atoms with van der Waals surface area (Å²) in [4.78, 5) is 20.1. The predicted octanol–water partition coefficient (Wildman–Crippen LogP) is 2.20. The third-order valence-corrected chi connectivity index (χ3v) is 5.50. The molecule has 9 nitrogen and oxygen atoms in total. The molecular formula is C20H18N4O5S. The van der Waals surface area contributed by atoms with E-state index in [4.69, 9.17) is 9.47 Å². The van der Waals surface area contributed by atoms with Crippen molar-refractivity contribution in [3.8, 4) is 28.6 Å². The van der Waals surface area contributed by atoms with Crippen LogP contribution in [0.1, 0.15) is 0 Å². The first-order valence-corrected chi connectivity index (χ1v) is 10.7. The van der Waals surface area contributed by atoms with Crippen molar-refractivity contribution in [1.29, 1.82) is 0 Å². The second kappa shape index (κ2) is 7.30. The minimum Gasteiger partial charge on any atom is -0.493 e. The summed E-state index contributed by atoms with van der Waals surface area (Å²) in [6, 6.07) is 14.0. The van der Waals surface area contributed by atoms with Crippen molar-refractivity contribution in [2.75, 3.05) is 20.5 Å². The first kappa shape index (κ1) is 19.6. The maximum absolute atomic E-state index is 12.9. The van der Waals surface area contributed by atoms with Crippen LogP contribution in [0, 0.1) is 0 Å². The number of benzene rings is 2. The van der Waals surface area contributed by atoms with Crippen LogP contribution < -0.4 is 15.0 Å². The van der Waals surface area contributed by atoms with Crippen LogP contribution in [0.3, 0.4) is 0 Å². The van der Waals surface area contributed by atoms with Gasteiger partial charge < -0.3 is 14.5 Å². The fourth-order valence-corrected chi connectivity index (χ4v) is 3.91. The Balaban J connectivity index is 2.03. The van der Waals surface area contributed by atoms with Gasteiger partial charge in [0, 0.05) is 11.8 Å². The molecule has 0 aliphatic carbocycles. The number of fused-ring (bicyclic) bond motifs is 1. The standard InChI is InChI=1S/C20H18N4O5S/c1-28-14-10-9-12(11-15(14)29-2)17-21-18-16(19(25)22-17)20(30(3,26)27)23-24(18)13-7-5-4-6-8-13/h4-11H,1-3H3,(H,21,22,25). The molecule has 154 valence electrons. The number of hydrogen-bond acceptors (Lipinski definition) is 7. The van der Waals surface area contributed by atoms with E-state index in [2.05, 4.69) is 15.1 Å². The zero-order valence-corrected chi connectivity index (χ0v) is 17.2. The number of para-hydroxylation sites is 1. The van der Waals surface area contributed by atoms with Gasteiger partial charge in [-0.15, -0.1) is 0 Å². The molecule has 10 heteroatoms. The highest BCUT2D eigenvalue weighted by Crippen LogP contribution is 2.31. The van der Waals surface area contributed by atoms with Crippen molar-refractivity contribution in [2.24, 2.45) is 0 Å². The Morgan fingerprint density at radius 1 is 1.00 bits per heavy atom. The number of H-pyrrole nitrogens is 1. The molecule has 2 aromatic heterocycles. The third-order valence-electron chi connectivity index (χ3n) is 4.51. The van der Waals surface area contributed by atoms with Crippen LogP contribution in [-0.4, -0.2) is 48.6 Å². The molecular weight excluding hydrogens is 408 g/mol. The molecule has 0 spiro atoms. The maximum atomic E-state index is 12.9. The van der Waals surface area contributed by atoms with E-state index in [0.717, 1.165) is 6.26 Å². The second-order valence-electron chi connectivity index (χ2n) is 6.51. The molecule has 0 saturated carbocycles. The van der Waals surface area contributed by atoms with Crippen LogP contribution in [0.4, 0.5) is 0 Å². The lowest BCUT2D eigenvalue weighted by atomic mass is 10.2. The molecule has 0 atom stereocenters. The van der Waals surface area contributed by atoms with Crippen LogP contribution in [0.15, 0.2) is 58.4 Å². The first-order chi connectivity index (χ1) is 14.3. The quantitative estimate of drug-likeness (QED) is 0.520. The van der Waals surface area contributed by atoms with Gasteiger partial charge in [-0.25, -0.2) is 18.1 Å². The van der Waals surface area contributed by atoms with Crippen LogP contribution in [0.25, 0.3) is 28.1 Å². The summed E-state index contributed by atoms with van der Waals surface area (Å²) < 4.78 is 36.4. The maximum Gasteiger partial charge on any atom is 0.263 e. The SMILES string of the molecule is COc1ccc(-c2nc3c(c(S(C)(=O)=O)nn3-c3ccccc3)c(=O)[nH]2)cc1OC. The highest BCUT2D eigenvalue weighted by molar-refractivity contribution is 7.90. The highest BCUT2D eigenvalue weighted by atomic mass is 32.2. The number of nitrogens with zero attached hydrogens (tertiary/aromatic N) is 3. The van der Waals surface area contributed by atoms with Crippen LogP contribution >= 0.6 is 0 Å². The summed E-state index contributed by atoms with van der Waals surface area (Å²) >= 11 is 0. The van der Waals surface area contributed by atoms with Crippen LogP contribution in [0.5, 0.6) is 11.5 Å². The monoisotopic (exact) mass is 426 g/mol. The van der Waals surface area contributed by atoms with Crippen molar-refractivity contribution in [1.82, 2.24) is 19.7 Å². The summed E-state index contributed by atoms with van der Waals surface area (Å²) in [6.45, 7) is 0. The number of methoxy groups -OCH3 is 2. The Hall–Kier alpha value is -3.66. The van der Waals surface area contributed by atoms with E-state index in [9.17, 15) is 13.2 Å². The average molecular weight is 426 g/mol. The zero-order valence-electron chi connectivity index (χ0n) is 16.4. The number of aromatic nitrogens is 4. The molecule has 0 saturated heterocycles. The van der Waals surface area contributed by atoms with Gasteiger partial charge in [-0.05, 0) is 30.3 Å². The number of sulfone groups is 1. The van der Waals surface area contributed by atoms with Gasteiger partial charge in [0.15, 0.2) is 32.0 Å². The second-order valence-corrected chi connectivity index (χ2v) is 8.44. The number of ether oxygens (including phenoxy) is 2. The molecule has 0 amide bonds. The van der Waals surface area contributed by atoms with Gasteiger partial charge in [0.25, 0.3) is 5.56 Å². The lowest BCUT2D eigenvalue weighted by Crippen LogP contribution is -2.12. The van der Waals surface area contributed by atoms with Crippen molar-refractivity contribution < 1.29 is 17.9 Å². The van der Waals surface area contributed by atoms with E-state index in [0.29, 0.717) is 22.7 Å². The molecule has 1 N–H and O–H groups in total. The first-order valence-electron chi connectivity index (χ1n) is 8.84. The summed E-state index contributed by atoms with van der Waals surface area (Å²) in [6.07, 6.45) is 1.01. The molecule has 30 heavy (non-hydrogen) atoms. The normalized spacial score (nSPS) is 11.6. The number of nitrogens with one attached hydrogen (secondary N) is 1. The molecule has 0 aliphatic rings. The fourth-order valence-electron chi connectivity index (χ4n) is 3.12. The van der Waals surface area contributed by atoms with E-state index in [1.165, 1.54) is 18.9 Å². The van der Waals surface area contributed by atoms with Crippen molar-refractivity contribution in [2.45, 2.75) is 5.03 Å². The Morgan fingerprint density at radius 2 is 1.70 bits per heavy atom. The third kappa shape index (κ3) is 3.30. The van der Waals surface area contributed by atoms with Gasteiger partial charge in [0.05, 0.1) is 19.9 Å². The highest BCUT2D eigenvalue weighted by Gasteiger charge is 2.24. The molecule has 2 heterocycles. The lowest BCUT2D eigenvalue weighted by Gasteiger charge is -2.09. The Kier molecular flexibility index (Phi) is 4.78. The van der Waals surface area contributed by atoms with Gasteiger partial charge in [-0.2, -0.15) is 5.10 Å². The van der Waals surface area contributed by atoms with Gasteiger partial charge in [0.1, 0.15) is 11.2 Å². The van der Waals surface area contributed by atoms with Gasteiger partial charge in [-0.1, -0.05) is 18.2 Å². The molecule has 4 aromatic rings. The zero-order chi connectivity index (χ0) is 21.5. The topological polar surface area (TPSA) is 116 Å². The summed E-state index contributed by atoms with van der Waals surface area (Å²) in [5.74, 6) is 1.23. The molecule has 0 fully saturated rings. The van der Waals surface area contributed by atoms with Gasteiger partial charge >= 0.3 is 0 Å². The minimum atomic E-state index is -3.76. The Morgan fingerprint density at radius 3 is 2.33 bits per heavy atom. The molecule has 4 rings (SSSR count). The summed E-state index contributed by atoms with van der Waals surface area (Å²) in [5.41, 5.74) is 0.671. The smallest absolute Gasteiger partial charge is 0.263 e. The summed E-state index contributed by atoms with van der Waals surface area (Å²) in [5, 5.41) is 3.77. The molecule has 0 unspecified atom stereocenters. The predicted molar refractivity (Wildman–Crippen MR) is 111 cm³/mol. The van der Waals surface area contributed by atoms with E-state index < -0.39 is 15.4 Å². The van der Waals surface area contributed by atoms with Gasteiger partial charge in [0.2, 0.25) is 0 Å². The summed E-state index contributed by atoms with van der Waals surface area (Å²) in [7, 11) is -0.738. The van der Waals surface area contributed by atoms with Crippen LogP contribution in [0.2, 0.25) is 0 Å². The van der Waals surface area contributed by atoms with Crippen LogP contribution in [-0.2, 0) is 9.84 Å². The van der Waals surface area contributed by atoms with E-state index in [-0.39, 0.29) is 21.9 Å². The Bertz CT molecular complexity index is 1410. The molecule has 0 bridgehead atoms. The largest absolute Gasteiger partial charge is 0.493 e.